The summed E-state index contributed by atoms with van der Waals surface area (Å²) in [6, 6.07) is 0. The smallest absolute Gasteiger partial charge is 0.321 e. The predicted molar refractivity (Wildman–Crippen MR) is 65.6 cm³/mol. The molecular formula is C12H24O6. The van der Waals surface area contributed by atoms with Gasteiger partial charge < -0.3 is 20.1 Å². The number of hydrogen-bond acceptors (Lipinski definition) is 6. The zero-order chi connectivity index (χ0) is 15.0. The van der Waals surface area contributed by atoms with Crippen molar-refractivity contribution in [3.05, 3.63) is 0 Å². The van der Waals surface area contributed by atoms with E-state index in [-0.39, 0.29) is 25.2 Å². The molecule has 0 aliphatic rings. The number of carbonyl (C=O) groups excluding carboxylic acids is 2. The maximum absolute atomic E-state index is 10.9. The molecule has 0 spiro atoms. The molecule has 0 saturated heterocycles. The van der Waals surface area contributed by atoms with Crippen LogP contribution in [0.5, 0.6) is 0 Å². The Labute approximate surface area is 108 Å². The molecule has 0 saturated carbocycles. The SMILES string of the molecule is CC(=O)OC(=O)C(C)(C)CO.CC(C)(CO)CO. The van der Waals surface area contributed by atoms with Crippen molar-refractivity contribution < 1.29 is 29.6 Å². The number of aliphatic hydroxyl groups excluding tert-OH is 3. The molecule has 0 atom stereocenters. The number of esters is 2. The van der Waals surface area contributed by atoms with Crippen molar-refractivity contribution in [1.29, 1.82) is 0 Å². The predicted octanol–water partition coefficient (Wildman–Crippen LogP) is 0.0918. The third-order valence-corrected chi connectivity index (χ3v) is 2.04. The fourth-order valence-corrected chi connectivity index (χ4v) is 0.383. The highest BCUT2D eigenvalue weighted by atomic mass is 16.6. The minimum atomic E-state index is -0.994. The van der Waals surface area contributed by atoms with Crippen LogP contribution in [-0.4, -0.2) is 47.1 Å². The fourth-order valence-electron chi connectivity index (χ4n) is 0.383. The summed E-state index contributed by atoms with van der Waals surface area (Å²) in [7, 11) is 0. The van der Waals surface area contributed by atoms with Gasteiger partial charge in [-0.3, -0.25) is 9.59 Å². The Morgan fingerprint density at radius 3 is 1.50 bits per heavy atom. The molecule has 0 unspecified atom stereocenters. The molecular weight excluding hydrogens is 240 g/mol. The van der Waals surface area contributed by atoms with Crippen LogP contribution >= 0.6 is 0 Å². The number of ether oxygens (including phenoxy) is 1. The number of aliphatic hydroxyl groups is 3. The first-order valence-electron chi connectivity index (χ1n) is 5.58. The molecule has 0 rings (SSSR count). The Hall–Kier alpha value is -0.980. The highest BCUT2D eigenvalue weighted by Crippen LogP contribution is 2.15. The minimum absolute atomic E-state index is 0.0451. The molecule has 0 amide bonds. The lowest BCUT2D eigenvalue weighted by Crippen LogP contribution is -2.31. The lowest BCUT2D eigenvalue weighted by atomic mass is 9.95. The molecule has 6 nitrogen and oxygen atoms in total. The molecule has 0 aliphatic carbocycles. The molecule has 0 radical (unpaired) electrons. The van der Waals surface area contributed by atoms with Gasteiger partial charge in [0, 0.05) is 12.3 Å². The highest BCUT2D eigenvalue weighted by Gasteiger charge is 2.29. The number of rotatable bonds is 4. The second-order valence-electron chi connectivity index (χ2n) is 5.40. The Morgan fingerprint density at radius 1 is 0.944 bits per heavy atom. The van der Waals surface area contributed by atoms with Crippen molar-refractivity contribution in [2.24, 2.45) is 10.8 Å². The first kappa shape index (κ1) is 19.4. The Morgan fingerprint density at radius 2 is 1.33 bits per heavy atom. The quantitative estimate of drug-likeness (QED) is 0.491. The monoisotopic (exact) mass is 264 g/mol. The van der Waals surface area contributed by atoms with Gasteiger partial charge in [0.15, 0.2) is 0 Å². The van der Waals surface area contributed by atoms with Crippen LogP contribution in [0.4, 0.5) is 0 Å². The van der Waals surface area contributed by atoms with Crippen LogP contribution in [0.3, 0.4) is 0 Å². The van der Waals surface area contributed by atoms with E-state index in [1.807, 2.05) is 0 Å². The molecule has 0 fully saturated rings. The molecule has 3 N–H and O–H groups in total. The van der Waals surface area contributed by atoms with E-state index < -0.39 is 17.4 Å². The van der Waals surface area contributed by atoms with E-state index in [4.69, 9.17) is 15.3 Å². The van der Waals surface area contributed by atoms with Crippen LogP contribution in [0.25, 0.3) is 0 Å². The number of carbonyl (C=O) groups is 2. The molecule has 0 aromatic heterocycles. The lowest BCUT2D eigenvalue weighted by molar-refractivity contribution is -0.166. The topological polar surface area (TPSA) is 104 Å². The number of hydrogen-bond donors (Lipinski definition) is 3. The minimum Gasteiger partial charge on any atom is -0.396 e. The van der Waals surface area contributed by atoms with Crippen molar-refractivity contribution in [3.8, 4) is 0 Å². The van der Waals surface area contributed by atoms with E-state index in [1.54, 1.807) is 13.8 Å². The van der Waals surface area contributed by atoms with Gasteiger partial charge in [-0.05, 0) is 13.8 Å². The zero-order valence-electron chi connectivity index (χ0n) is 11.7. The third kappa shape index (κ3) is 9.09. The van der Waals surface area contributed by atoms with Crippen LogP contribution in [0.1, 0.15) is 34.6 Å². The van der Waals surface area contributed by atoms with Gasteiger partial charge >= 0.3 is 11.9 Å². The van der Waals surface area contributed by atoms with Crippen LogP contribution in [0, 0.1) is 10.8 Å². The average molecular weight is 264 g/mol. The van der Waals surface area contributed by atoms with Crippen molar-refractivity contribution in [2.75, 3.05) is 19.8 Å². The molecule has 0 heterocycles. The first-order chi connectivity index (χ1) is 8.02. The average Bonchev–Trinajstić information content (AvgIpc) is 2.29. The van der Waals surface area contributed by atoms with Crippen LogP contribution in [0.2, 0.25) is 0 Å². The van der Waals surface area contributed by atoms with E-state index in [1.165, 1.54) is 13.8 Å². The van der Waals surface area contributed by atoms with Gasteiger partial charge in [0.25, 0.3) is 0 Å². The van der Waals surface area contributed by atoms with Crippen LogP contribution in [0.15, 0.2) is 0 Å². The normalized spacial score (nSPS) is 11.3. The van der Waals surface area contributed by atoms with E-state index >= 15 is 0 Å². The van der Waals surface area contributed by atoms with E-state index in [2.05, 4.69) is 4.74 Å². The lowest BCUT2D eigenvalue weighted by Gasteiger charge is -2.17. The van der Waals surface area contributed by atoms with Crippen LogP contribution in [-0.2, 0) is 14.3 Å². The zero-order valence-corrected chi connectivity index (χ0v) is 11.7. The summed E-state index contributed by atoms with van der Waals surface area (Å²) in [5.74, 6) is -1.36. The third-order valence-electron chi connectivity index (χ3n) is 2.04. The van der Waals surface area contributed by atoms with Gasteiger partial charge in [0.1, 0.15) is 0 Å². The van der Waals surface area contributed by atoms with Crippen molar-refractivity contribution in [3.63, 3.8) is 0 Å². The second kappa shape index (κ2) is 8.18. The summed E-state index contributed by atoms with van der Waals surface area (Å²) in [5, 5.41) is 25.5. The summed E-state index contributed by atoms with van der Waals surface area (Å²) in [6.45, 7) is 7.49. The maximum Gasteiger partial charge on any atom is 0.321 e. The first-order valence-corrected chi connectivity index (χ1v) is 5.58. The molecule has 0 aromatic carbocycles. The van der Waals surface area contributed by atoms with Crippen molar-refractivity contribution in [1.82, 2.24) is 0 Å². The molecule has 18 heavy (non-hydrogen) atoms. The Kier molecular flexibility index (Phi) is 8.80. The summed E-state index contributed by atoms with van der Waals surface area (Å²) < 4.78 is 4.27. The van der Waals surface area contributed by atoms with Gasteiger partial charge in [-0.2, -0.15) is 0 Å². The fraction of sp³-hybridized carbons (Fsp3) is 0.833. The van der Waals surface area contributed by atoms with E-state index in [9.17, 15) is 9.59 Å². The molecule has 108 valence electrons. The largest absolute Gasteiger partial charge is 0.396 e. The van der Waals surface area contributed by atoms with Gasteiger partial charge in [0.05, 0.1) is 25.2 Å². The maximum atomic E-state index is 10.9. The van der Waals surface area contributed by atoms with Gasteiger partial charge in [0.2, 0.25) is 0 Å². The summed E-state index contributed by atoms with van der Waals surface area (Å²) >= 11 is 0. The van der Waals surface area contributed by atoms with Crippen LogP contribution < -0.4 is 0 Å². The van der Waals surface area contributed by atoms with E-state index in [0.29, 0.717) is 0 Å². The van der Waals surface area contributed by atoms with Crippen molar-refractivity contribution >= 4 is 11.9 Å². The Balaban J connectivity index is 0. The van der Waals surface area contributed by atoms with Crippen molar-refractivity contribution in [2.45, 2.75) is 34.6 Å². The molecule has 0 aliphatic heterocycles. The summed E-state index contributed by atoms with van der Waals surface area (Å²) in [5.41, 5.74) is -1.30. The molecule has 0 bridgehead atoms. The van der Waals surface area contributed by atoms with E-state index in [0.717, 1.165) is 6.92 Å². The summed E-state index contributed by atoms with van der Waals surface area (Å²) in [6.07, 6.45) is 0. The standard InChI is InChI=1S/C7H12O4.C5H12O2/c1-5(9)11-6(10)7(2,3)4-8;1-5(2,3-6)4-7/h8H,4H2,1-3H3;6-7H,3-4H2,1-2H3. The van der Waals surface area contributed by atoms with Gasteiger partial charge in [-0.15, -0.1) is 0 Å². The second-order valence-corrected chi connectivity index (χ2v) is 5.40. The van der Waals surface area contributed by atoms with Gasteiger partial charge in [-0.25, -0.2) is 0 Å². The molecule has 6 heteroatoms. The summed E-state index contributed by atoms with van der Waals surface area (Å²) in [4.78, 5) is 21.2. The Bertz CT molecular complexity index is 264. The van der Waals surface area contributed by atoms with Gasteiger partial charge in [-0.1, -0.05) is 13.8 Å². The highest BCUT2D eigenvalue weighted by molar-refractivity contribution is 5.87. The molecule has 0 aromatic rings.